The number of amides is 1. The van der Waals surface area contributed by atoms with Gasteiger partial charge in [-0.2, -0.15) is 0 Å². The summed E-state index contributed by atoms with van der Waals surface area (Å²) in [7, 11) is 0. The molecule has 4 nitrogen and oxygen atoms in total. The van der Waals surface area contributed by atoms with Crippen molar-refractivity contribution >= 4 is 11.6 Å². The molecular weight excluding hydrogens is 252 g/mol. The number of rotatable bonds is 6. The van der Waals surface area contributed by atoms with Gasteiger partial charge in [-0.25, -0.2) is 0 Å². The molecule has 0 spiro atoms. The molecule has 110 valence electrons. The number of carbonyl (C=O) groups is 1. The van der Waals surface area contributed by atoms with Crippen LogP contribution in [0.2, 0.25) is 0 Å². The number of carbonyl (C=O) groups excluding carboxylic acids is 1. The van der Waals surface area contributed by atoms with Crippen molar-refractivity contribution in [3.8, 4) is 0 Å². The Morgan fingerprint density at radius 1 is 1.30 bits per heavy atom. The number of para-hydroxylation sites is 1. The van der Waals surface area contributed by atoms with Crippen LogP contribution in [-0.2, 0) is 11.3 Å². The van der Waals surface area contributed by atoms with E-state index in [1.165, 1.54) is 19.8 Å². The Morgan fingerprint density at radius 2 is 2.00 bits per heavy atom. The Morgan fingerprint density at radius 3 is 2.65 bits per heavy atom. The fourth-order valence-corrected chi connectivity index (χ4v) is 2.96. The summed E-state index contributed by atoms with van der Waals surface area (Å²) in [6.07, 6.45) is 4.63. The highest BCUT2D eigenvalue weighted by Crippen LogP contribution is 2.36. The summed E-state index contributed by atoms with van der Waals surface area (Å²) in [5.41, 5.74) is 1.99. The van der Waals surface area contributed by atoms with Gasteiger partial charge < -0.3 is 15.7 Å². The standard InChI is InChI=1S/C16H24N2O2/c1-13(20)18-15-7-3-2-6-14(15)10-17-11-16(12-19)8-4-5-9-16/h2-3,6-7,17,19H,4-5,8-12H2,1H3,(H,18,20). The highest BCUT2D eigenvalue weighted by Gasteiger charge is 2.32. The van der Waals surface area contributed by atoms with E-state index in [9.17, 15) is 9.90 Å². The molecule has 0 bridgehead atoms. The van der Waals surface area contributed by atoms with Crippen LogP contribution < -0.4 is 10.6 Å². The van der Waals surface area contributed by atoms with Gasteiger partial charge in [-0.1, -0.05) is 31.0 Å². The third kappa shape index (κ3) is 3.81. The van der Waals surface area contributed by atoms with Crippen LogP contribution in [0.5, 0.6) is 0 Å². The van der Waals surface area contributed by atoms with Crippen LogP contribution in [0.25, 0.3) is 0 Å². The lowest BCUT2D eigenvalue weighted by atomic mass is 9.87. The molecule has 1 aliphatic carbocycles. The molecule has 1 aromatic rings. The van der Waals surface area contributed by atoms with E-state index < -0.39 is 0 Å². The van der Waals surface area contributed by atoms with Gasteiger partial charge in [0.25, 0.3) is 0 Å². The molecule has 1 saturated carbocycles. The van der Waals surface area contributed by atoms with E-state index >= 15 is 0 Å². The highest BCUT2D eigenvalue weighted by molar-refractivity contribution is 5.89. The minimum atomic E-state index is -0.0555. The minimum Gasteiger partial charge on any atom is -0.396 e. The van der Waals surface area contributed by atoms with E-state index in [-0.39, 0.29) is 17.9 Å². The smallest absolute Gasteiger partial charge is 0.221 e. The van der Waals surface area contributed by atoms with Crippen molar-refractivity contribution < 1.29 is 9.90 Å². The molecule has 20 heavy (non-hydrogen) atoms. The first-order chi connectivity index (χ1) is 9.65. The van der Waals surface area contributed by atoms with E-state index in [1.54, 1.807) is 0 Å². The first-order valence-corrected chi connectivity index (χ1v) is 7.32. The molecule has 1 amide bonds. The summed E-state index contributed by atoms with van der Waals surface area (Å²) in [6, 6.07) is 7.81. The van der Waals surface area contributed by atoms with Gasteiger partial charge in [0.15, 0.2) is 0 Å². The first kappa shape index (κ1) is 15.0. The Labute approximate surface area is 120 Å². The van der Waals surface area contributed by atoms with Crippen LogP contribution in [-0.4, -0.2) is 24.2 Å². The molecule has 1 aliphatic rings. The molecule has 0 atom stereocenters. The van der Waals surface area contributed by atoms with Crippen LogP contribution >= 0.6 is 0 Å². The molecule has 0 unspecified atom stereocenters. The molecular formula is C16H24N2O2. The van der Waals surface area contributed by atoms with Crippen LogP contribution in [0.4, 0.5) is 5.69 Å². The Hall–Kier alpha value is -1.39. The van der Waals surface area contributed by atoms with E-state index in [0.29, 0.717) is 6.54 Å². The zero-order chi connectivity index (χ0) is 14.4. The number of aliphatic hydroxyl groups is 1. The Balaban J connectivity index is 1.92. The molecule has 4 heteroatoms. The average molecular weight is 276 g/mol. The summed E-state index contributed by atoms with van der Waals surface area (Å²) in [4.78, 5) is 11.2. The maximum Gasteiger partial charge on any atom is 0.221 e. The van der Waals surface area contributed by atoms with Crippen LogP contribution in [0.1, 0.15) is 38.2 Å². The van der Waals surface area contributed by atoms with Crippen molar-refractivity contribution in [2.24, 2.45) is 5.41 Å². The fraction of sp³-hybridized carbons (Fsp3) is 0.562. The fourth-order valence-electron chi connectivity index (χ4n) is 2.96. The van der Waals surface area contributed by atoms with Gasteiger partial charge in [0.2, 0.25) is 5.91 Å². The monoisotopic (exact) mass is 276 g/mol. The normalized spacial score (nSPS) is 17.1. The summed E-state index contributed by atoms with van der Waals surface area (Å²) in [6.45, 7) is 3.31. The lowest BCUT2D eigenvalue weighted by Crippen LogP contribution is -2.35. The van der Waals surface area contributed by atoms with Gasteiger partial charge >= 0.3 is 0 Å². The maximum absolute atomic E-state index is 11.2. The third-order valence-electron chi connectivity index (χ3n) is 4.14. The average Bonchev–Trinajstić information content (AvgIpc) is 2.89. The van der Waals surface area contributed by atoms with Crippen molar-refractivity contribution in [2.45, 2.75) is 39.2 Å². The van der Waals surface area contributed by atoms with E-state index in [1.807, 2.05) is 24.3 Å². The summed E-state index contributed by atoms with van der Waals surface area (Å²) in [5, 5.41) is 15.9. The van der Waals surface area contributed by atoms with Crippen LogP contribution in [0.15, 0.2) is 24.3 Å². The zero-order valence-electron chi connectivity index (χ0n) is 12.1. The van der Waals surface area contributed by atoms with Crippen molar-refractivity contribution in [3.63, 3.8) is 0 Å². The number of anilines is 1. The topological polar surface area (TPSA) is 61.4 Å². The Kier molecular flexibility index (Phi) is 5.15. The van der Waals surface area contributed by atoms with Crippen molar-refractivity contribution in [3.05, 3.63) is 29.8 Å². The van der Waals surface area contributed by atoms with Gasteiger partial charge in [-0.05, 0) is 24.5 Å². The highest BCUT2D eigenvalue weighted by atomic mass is 16.3. The number of benzene rings is 1. The molecule has 3 N–H and O–H groups in total. The van der Waals surface area contributed by atoms with E-state index in [0.717, 1.165) is 30.6 Å². The maximum atomic E-state index is 11.2. The number of aliphatic hydroxyl groups excluding tert-OH is 1. The lowest BCUT2D eigenvalue weighted by Gasteiger charge is -2.27. The lowest BCUT2D eigenvalue weighted by molar-refractivity contribution is -0.114. The van der Waals surface area contributed by atoms with Gasteiger partial charge in [0, 0.05) is 37.7 Å². The van der Waals surface area contributed by atoms with Gasteiger partial charge in [0.05, 0.1) is 0 Å². The SMILES string of the molecule is CC(=O)Nc1ccccc1CNCC1(CO)CCCC1. The third-order valence-corrected chi connectivity index (χ3v) is 4.14. The summed E-state index contributed by atoms with van der Waals surface area (Å²) >= 11 is 0. The van der Waals surface area contributed by atoms with Crippen molar-refractivity contribution in [1.82, 2.24) is 5.32 Å². The quantitative estimate of drug-likeness (QED) is 0.747. The van der Waals surface area contributed by atoms with Gasteiger partial charge in [0.1, 0.15) is 0 Å². The molecule has 0 saturated heterocycles. The second-order valence-corrected chi connectivity index (χ2v) is 5.81. The van der Waals surface area contributed by atoms with E-state index in [4.69, 9.17) is 0 Å². The van der Waals surface area contributed by atoms with E-state index in [2.05, 4.69) is 10.6 Å². The molecule has 0 aliphatic heterocycles. The van der Waals surface area contributed by atoms with Gasteiger partial charge in [-0.3, -0.25) is 4.79 Å². The van der Waals surface area contributed by atoms with Crippen LogP contribution in [0.3, 0.4) is 0 Å². The van der Waals surface area contributed by atoms with Gasteiger partial charge in [-0.15, -0.1) is 0 Å². The largest absolute Gasteiger partial charge is 0.396 e. The molecule has 0 heterocycles. The van der Waals surface area contributed by atoms with Crippen molar-refractivity contribution in [1.29, 1.82) is 0 Å². The Bertz CT molecular complexity index is 454. The second-order valence-electron chi connectivity index (χ2n) is 5.81. The number of hydrogen-bond donors (Lipinski definition) is 3. The predicted molar refractivity (Wildman–Crippen MR) is 80.4 cm³/mol. The zero-order valence-corrected chi connectivity index (χ0v) is 12.1. The predicted octanol–water partition coefficient (Wildman–Crippen LogP) is 2.29. The molecule has 0 aromatic heterocycles. The van der Waals surface area contributed by atoms with Crippen LogP contribution in [0, 0.1) is 5.41 Å². The number of hydrogen-bond acceptors (Lipinski definition) is 3. The summed E-state index contributed by atoms with van der Waals surface area (Å²) < 4.78 is 0. The number of nitrogens with one attached hydrogen (secondary N) is 2. The first-order valence-electron chi connectivity index (χ1n) is 7.32. The molecule has 0 radical (unpaired) electrons. The summed E-state index contributed by atoms with van der Waals surface area (Å²) in [5.74, 6) is -0.0555. The second kappa shape index (κ2) is 6.86. The van der Waals surface area contributed by atoms with Crippen molar-refractivity contribution in [2.75, 3.05) is 18.5 Å². The molecule has 1 aromatic carbocycles. The minimum absolute atomic E-state index is 0.0555. The molecule has 1 fully saturated rings. The molecule has 2 rings (SSSR count).